The molecule has 0 saturated carbocycles. The molecule has 106 valence electrons. The summed E-state index contributed by atoms with van der Waals surface area (Å²) in [6.45, 7) is 1.94. The normalized spacial score (nSPS) is 11.1. The summed E-state index contributed by atoms with van der Waals surface area (Å²) in [7, 11) is 0. The molecule has 0 aliphatic heterocycles. The fourth-order valence-electron chi connectivity index (χ4n) is 3.00. The van der Waals surface area contributed by atoms with Crippen LogP contribution in [0.3, 0.4) is 0 Å². The first-order chi connectivity index (χ1) is 10.7. The third-order valence-corrected chi connectivity index (χ3v) is 3.92. The van der Waals surface area contributed by atoms with Crippen molar-refractivity contribution in [2.45, 2.75) is 6.92 Å². The lowest BCUT2D eigenvalue weighted by atomic mass is 9.95. The van der Waals surface area contributed by atoms with E-state index in [9.17, 15) is 0 Å². The van der Waals surface area contributed by atoms with E-state index in [1.165, 1.54) is 21.5 Å². The molecule has 2 N–H and O–H groups in total. The number of benzene rings is 3. The Morgan fingerprint density at radius 3 is 2.23 bits per heavy atom. The van der Waals surface area contributed by atoms with E-state index in [-0.39, 0.29) is 0 Å². The quantitative estimate of drug-likeness (QED) is 0.529. The van der Waals surface area contributed by atoms with Gasteiger partial charge in [-0.3, -0.25) is 0 Å². The third-order valence-electron chi connectivity index (χ3n) is 3.92. The van der Waals surface area contributed by atoms with Crippen LogP contribution < -0.4 is 5.73 Å². The van der Waals surface area contributed by atoms with E-state index >= 15 is 0 Å². The second kappa shape index (κ2) is 4.81. The van der Waals surface area contributed by atoms with Crippen LogP contribution in [0.25, 0.3) is 32.8 Å². The molecule has 1 heterocycles. The average molecular weight is 285 g/mol. The molecular formula is C19H15N3. The first-order valence-corrected chi connectivity index (χ1v) is 7.24. The van der Waals surface area contributed by atoms with Gasteiger partial charge in [0.05, 0.1) is 5.69 Å². The number of aryl methyl sites for hydroxylation is 1. The van der Waals surface area contributed by atoms with E-state index in [1.807, 2.05) is 13.0 Å². The molecule has 22 heavy (non-hydrogen) atoms. The zero-order chi connectivity index (χ0) is 15.1. The van der Waals surface area contributed by atoms with Gasteiger partial charge in [0.1, 0.15) is 0 Å². The smallest absolute Gasteiger partial charge is 0.220 e. The van der Waals surface area contributed by atoms with Crippen molar-refractivity contribution in [2.24, 2.45) is 0 Å². The summed E-state index contributed by atoms with van der Waals surface area (Å²) in [5.41, 5.74) is 8.66. The van der Waals surface area contributed by atoms with Gasteiger partial charge in [-0.15, -0.1) is 0 Å². The van der Waals surface area contributed by atoms with Gasteiger partial charge >= 0.3 is 0 Å². The van der Waals surface area contributed by atoms with Crippen LogP contribution in [0.2, 0.25) is 0 Å². The second-order valence-corrected chi connectivity index (χ2v) is 5.44. The van der Waals surface area contributed by atoms with Crippen LogP contribution in [0.15, 0.2) is 60.7 Å². The molecule has 3 aromatic carbocycles. The summed E-state index contributed by atoms with van der Waals surface area (Å²) in [5.74, 6) is 0.312. The first kappa shape index (κ1) is 12.8. The molecule has 0 aliphatic rings. The number of hydrogen-bond acceptors (Lipinski definition) is 3. The standard InChI is InChI=1S/C19H15N3/c1-12-10-18(22-19(20)21-12)17-11-13-6-2-3-7-14(13)15-8-4-5-9-16(15)17/h2-11H,1H3,(H2,20,21,22). The Bertz CT molecular complexity index is 986. The van der Waals surface area contributed by atoms with E-state index in [1.54, 1.807) is 0 Å². The van der Waals surface area contributed by atoms with Crippen LogP contribution in [0.5, 0.6) is 0 Å². The van der Waals surface area contributed by atoms with Crippen LogP contribution in [-0.2, 0) is 0 Å². The molecule has 0 amide bonds. The molecule has 4 aromatic rings. The van der Waals surface area contributed by atoms with Crippen molar-refractivity contribution in [3.05, 3.63) is 66.4 Å². The van der Waals surface area contributed by atoms with Gasteiger partial charge in [0.2, 0.25) is 5.95 Å². The minimum Gasteiger partial charge on any atom is -0.368 e. The molecule has 0 radical (unpaired) electrons. The molecular weight excluding hydrogens is 270 g/mol. The molecule has 0 fully saturated rings. The van der Waals surface area contributed by atoms with E-state index in [4.69, 9.17) is 5.73 Å². The molecule has 0 atom stereocenters. The molecule has 1 aromatic heterocycles. The van der Waals surface area contributed by atoms with Gasteiger partial charge in [-0.2, -0.15) is 0 Å². The summed E-state index contributed by atoms with van der Waals surface area (Å²) in [5, 5.41) is 4.86. The second-order valence-electron chi connectivity index (χ2n) is 5.44. The Balaban J connectivity index is 2.15. The van der Waals surface area contributed by atoms with Crippen LogP contribution in [0.4, 0.5) is 5.95 Å². The third kappa shape index (κ3) is 1.99. The van der Waals surface area contributed by atoms with Crippen molar-refractivity contribution in [1.82, 2.24) is 9.97 Å². The summed E-state index contributed by atoms with van der Waals surface area (Å²) in [6, 6.07) is 21.0. The minimum absolute atomic E-state index is 0.312. The van der Waals surface area contributed by atoms with Gasteiger partial charge in [0.15, 0.2) is 0 Å². The van der Waals surface area contributed by atoms with Gasteiger partial charge in [-0.1, -0.05) is 48.5 Å². The zero-order valence-electron chi connectivity index (χ0n) is 12.2. The highest BCUT2D eigenvalue weighted by molar-refractivity contribution is 6.13. The number of rotatable bonds is 1. The Kier molecular flexibility index (Phi) is 2.79. The summed E-state index contributed by atoms with van der Waals surface area (Å²) in [6.07, 6.45) is 0. The topological polar surface area (TPSA) is 51.8 Å². The van der Waals surface area contributed by atoms with Gasteiger partial charge in [-0.05, 0) is 40.6 Å². The molecule has 0 unspecified atom stereocenters. The van der Waals surface area contributed by atoms with Crippen LogP contribution in [0.1, 0.15) is 5.69 Å². The highest BCUT2D eigenvalue weighted by Gasteiger charge is 2.10. The highest BCUT2D eigenvalue weighted by Crippen LogP contribution is 2.34. The lowest BCUT2D eigenvalue weighted by Gasteiger charge is -2.11. The van der Waals surface area contributed by atoms with E-state index in [0.717, 1.165) is 17.0 Å². The maximum absolute atomic E-state index is 5.83. The first-order valence-electron chi connectivity index (χ1n) is 7.24. The van der Waals surface area contributed by atoms with Crippen LogP contribution >= 0.6 is 0 Å². The molecule has 0 aliphatic carbocycles. The summed E-state index contributed by atoms with van der Waals surface area (Å²) >= 11 is 0. The Morgan fingerprint density at radius 2 is 1.45 bits per heavy atom. The Labute approximate surface area is 128 Å². The lowest BCUT2D eigenvalue weighted by Crippen LogP contribution is -1.98. The number of hydrogen-bond donors (Lipinski definition) is 1. The largest absolute Gasteiger partial charge is 0.368 e. The lowest BCUT2D eigenvalue weighted by molar-refractivity contribution is 1.12. The van der Waals surface area contributed by atoms with Crippen molar-refractivity contribution in [3.8, 4) is 11.3 Å². The van der Waals surface area contributed by atoms with E-state index in [2.05, 4.69) is 64.6 Å². The summed E-state index contributed by atoms with van der Waals surface area (Å²) in [4.78, 5) is 8.60. The van der Waals surface area contributed by atoms with Gasteiger partial charge in [-0.25, -0.2) is 9.97 Å². The van der Waals surface area contributed by atoms with Crippen LogP contribution in [-0.4, -0.2) is 9.97 Å². The monoisotopic (exact) mass is 285 g/mol. The predicted octanol–water partition coefficient (Wildman–Crippen LogP) is 4.34. The SMILES string of the molecule is Cc1cc(-c2cc3ccccc3c3ccccc23)nc(N)n1. The fourth-order valence-corrected chi connectivity index (χ4v) is 3.00. The number of anilines is 1. The van der Waals surface area contributed by atoms with Gasteiger partial charge in [0, 0.05) is 11.3 Å². The maximum atomic E-state index is 5.83. The average Bonchev–Trinajstić information content (AvgIpc) is 2.53. The molecule has 0 saturated heterocycles. The number of nitrogens with two attached hydrogens (primary N) is 1. The van der Waals surface area contributed by atoms with E-state index < -0.39 is 0 Å². The summed E-state index contributed by atoms with van der Waals surface area (Å²) < 4.78 is 0. The zero-order valence-corrected chi connectivity index (χ0v) is 12.2. The number of fused-ring (bicyclic) bond motifs is 3. The number of nitrogen functional groups attached to an aromatic ring is 1. The van der Waals surface area contributed by atoms with Gasteiger partial charge in [0.25, 0.3) is 0 Å². The molecule has 3 heteroatoms. The molecule has 0 spiro atoms. The predicted molar refractivity (Wildman–Crippen MR) is 91.6 cm³/mol. The molecule has 0 bridgehead atoms. The van der Waals surface area contributed by atoms with Crippen molar-refractivity contribution >= 4 is 27.5 Å². The van der Waals surface area contributed by atoms with E-state index in [0.29, 0.717) is 5.95 Å². The Hall–Kier alpha value is -2.94. The van der Waals surface area contributed by atoms with Gasteiger partial charge < -0.3 is 5.73 Å². The number of aromatic nitrogens is 2. The highest BCUT2D eigenvalue weighted by atomic mass is 15.0. The molecule has 3 nitrogen and oxygen atoms in total. The minimum atomic E-state index is 0.312. The van der Waals surface area contributed by atoms with Crippen molar-refractivity contribution in [1.29, 1.82) is 0 Å². The van der Waals surface area contributed by atoms with Crippen molar-refractivity contribution < 1.29 is 0 Å². The molecule has 4 rings (SSSR count). The number of nitrogens with zero attached hydrogens (tertiary/aromatic N) is 2. The van der Waals surface area contributed by atoms with Crippen molar-refractivity contribution in [3.63, 3.8) is 0 Å². The maximum Gasteiger partial charge on any atom is 0.220 e. The fraction of sp³-hybridized carbons (Fsp3) is 0.0526. The Morgan fingerprint density at radius 1 is 0.773 bits per heavy atom. The van der Waals surface area contributed by atoms with Crippen LogP contribution in [0, 0.1) is 6.92 Å². The van der Waals surface area contributed by atoms with Crippen molar-refractivity contribution in [2.75, 3.05) is 5.73 Å².